The first-order chi connectivity index (χ1) is 9.66. The van der Waals surface area contributed by atoms with Crippen LogP contribution >= 0.6 is 0 Å². The number of phenolic OH excluding ortho intramolecular Hbond substituents is 1. The highest BCUT2D eigenvalue weighted by molar-refractivity contribution is 5.48. The second-order valence-corrected chi connectivity index (χ2v) is 4.17. The number of phenols is 1. The maximum absolute atomic E-state index is 9.32. The molecule has 0 aliphatic heterocycles. The predicted octanol–water partition coefficient (Wildman–Crippen LogP) is -0.781. The molecule has 0 aliphatic rings. The van der Waals surface area contributed by atoms with E-state index in [1.54, 1.807) is 43.4 Å². The van der Waals surface area contributed by atoms with E-state index in [1.807, 2.05) is 0 Å². The van der Waals surface area contributed by atoms with Crippen LogP contribution in [0.2, 0.25) is 0 Å². The molecule has 102 valence electrons. The molecule has 20 heavy (non-hydrogen) atoms. The van der Waals surface area contributed by atoms with Crippen LogP contribution in [0.1, 0.15) is 0 Å². The van der Waals surface area contributed by atoms with Gasteiger partial charge in [0.25, 0.3) is 0 Å². The lowest BCUT2D eigenvalue weighted by molar-refractivity contribution is 0.475. The molecule has 10 heteroatoms. The minimum absolute atomic E-state index is 0.168. The number of rotatable bonds is 3. The fourth-order valence-corrected chi connectivity index (χ4v) is 1.68. The standard InChI is InChI=1S/C10H11N9O/c1-17(2)19-10(12-14-16-19)9-11-13-15-18(9)7-3-5-8(20)6-4-7/h3-6,20H,1-2H3. The Hall–Kier alpha value is -3.04. The Morgan fingerprint density at radius 1 is 0.950 bits per heavy atom. The highest BCUT2D eigenvalue weighted by Crippen LogP contribution is 2.18. The Morgan fingerprint density at radius 3 is 2.30 bits per heavy atom. The zero-order valence-corrected chi connectivity index (χ0v) is 10.8. The van der Waals surface area contributed by atoms with Crippen LogP contribution in [0.25, 0.3) is 17.3 Å². The molecule has 0 unspecified atom stereocenters. The van der Waals surface area contributed by atoms with Crippen LogP contribution in [0, 0.1) is 0 Å². The molecule has 2 aromatic heterocycles. The second-order valence-electron chi connectivity index (χ2n) is 4.17. The molecule has 10 nitrogen and oxygen atoms in total. The molecule has 0 radical (unpaired) electrons. The summed E-state index contributed by atoms with van der Waals surface area (Å²) in [4.78, 5) is 1.47. The zero-order chi connectivity index (χ0) is 14.1. The van der Waals surface area contributed by atoms with Gasteiger partial charge in [0.2, 0.25) is 11.6 Å². The first kappa shape index (κ1) is 12.0. The second kappa shape index (κ2) is 4.57. The maximum atomic E-state index is 9.32. The van der Waals surface area contributed by atoms with Crippen molar-refractivity contribution in [1.82, 2.24) is 40.5 Å². The Kier molecular flexibility index (Phi) is 2.75. The summed E-state index contributed by atoms with van der Waals surface area (Å²) in [5, 5.41) is 33.9. The van der Waals surface area contributed by atoms with E-state index in [1.165, 1.54) is 9.47 Å². The molecule has 0 amide bonds. The number of tetrazole rings is 2. The number of nitrogens with zero attached hydrogens (tertiary/aromatic N) is 9. The summed E-state index contributed by atoms with van der Waals surface area (Å²) in [7, 11) is 3.60. The fraction of sp³-hybridized carbons (Fsp3) is 0.200. The van der Waals surface area contributed by atoms with Crippen molar-refractivity contribution in [1.29, 1.82) is 0 Å². The normalized spacial score (nSPS) is 10.7. The van der Waals surface area contributed by atoms with Crippen molar-refractivity contribution in [3.05, 3.63) is 24.3 Å². The van der Waals surface area contributed by atoms with Crippen molar-refractivity contribution >= 4 is 0 Å². The summed E-state index contributed by atoms with van der Waals surface area (Å²) in [6.45, 7) is 0. The highest BCUT2D eigenvalue weighted by atomic mass is 16.3. The molecule has 0 aliphatic carbocycles. The molecule has 0 fully saturated rings. The van der Waals surface area contributed by atoms with Crippen molar-refractivity contribution < 1.29 is 5.11 Å². The number of hydrogen-bond donors (Lipinski definition) is 1. The predicted molar refractivity (Wildman–Crippen MR) is 67.7 cm³/mol. The Balaban J connectivity index is 2.10. The monoisotopic (exact) mass is 273 g/mol. The van der Waals surface area contributed by atoms with E-state index in [4.69, 9.17) is 0 Å². The summed E-state index contributed by atoms with van der Waals surface area (Å²) in [6, 6.07) is 6.49. The number of benzene rings is 1. The average Bonchev–Trinajstić information content (AvgIpc) is 3.07. The number of hydrogen-bond acceptors (Lipinski definition) is 8. The molecule has 0 saturated heterocycles. The van der Waals surface area contributed by atoms with Gasteiger partial charge in [-0.05, 0) is 45.1 Å². The van der Waals surface area contributed by atoms with Crippen molar-refractivity contribution in [3.63, 3.8) is 0 Å². The Labute approximate surface area is 113 Å². The summed E-state index contributed by atoms with van der Waals surface area (Å²) < 4.78 is 1.49. The molecule has 0 saturated carbocycles. The van der Waals surface area contributed by atoms with E-state index in [0.717, 1.165) is 0 Å². The molecule has 1 N–H and O–H groups in total. The number of aromatic nitrogens is 8. The lowest BCUT2D eigenvalue weighted by Gasteiger charge is -2.12. The SMILES string of the molecule is CN(C)n1nnnc1-c1nnnn1-c1ccc(O)cc1. The van der Waals surface area contributed by atoms with Crippen LogP contribution < -0.4 is 5.01 Å². The molecule has 0 bridgehead atoms. The van der Waals surface area contributed by atoms with Gasteiger partial charge in [-0.15, -0.1) is 15.0 Å². The Morgan fingerprint density at radius 2 is 1.60 bits per heavy atom. The highest BCUT2D eigenvalue weighted by Gasteiger charge is 2.19. The van der Waals surface area contributed by atoms with E-state index in [9.17, 15) is 5.11 Å². The maximum Gasteiger partial charge on any atom is 0.243 e. The van der Waals surface area contributed by atoms with E-state index in [-0.39, 0.29) is 5.75 Å². The average molecular weight is 273 g/mol. The third-order valence-electron chi connectivity index (χ3n) is 2.60. The van der Waals surface area contributed by atoms with Gasteiger partial charge >= 0.3 is 0 Å². The first-order valence-electron chi connectivity index (χ1n) is 5.71. The van der Waals surface area contributed by atoms with Crippen molar-refractivity contribution in [3.8, 4) is 23.1 Å². The first-order valence-corrected chi connectivity index (χ1v) is 5.71. The third kappa shape index (κ3) is 1.92. The fourth-order valence-electron chi connectivity index (χ4n) is 1.68. The summed E-state index contributed by atoms with van der Waals surface area (Å²) in [6.07, 6.45) is 0. The zero-order valence-electron chi connectivity index (χ0n) is 10.8. The van der Waals surface area contributed by atoms with Gasteiger partial charge in [0.05, 0.1) is 5.69 Å². The van der Waals surface area contributed by atoms with Gasteiger partial charge in [0, 0.05) is 14.1 Å². The topological polar surface area (TPSA) is 111 Å². The van der Waals surface area contributed by atoms with Crippen LogP contribution in [0.4, 0.5) is 0 Å². The van der Waals surface area contributed by atoms with Gasteiger partial charge in [0.1, 0.15) is 5.75 Å². The van der Waals surface area contributed by atoms with Crippen LogP contribution in [0.5, 0.6) is 5.75 Å². The van der Waals surface area contributed by atoms with Crippen LogP contribution in [0.15, 0.2) is 24.3 Å². The Bertz CT molecular complexity index is 714. The van der Waals surface area contributed by atoms with Crippen LogP contribution in [-0.2, 0) is 0 Å². The minimum atomic E-state index is 0.168. The molecule has 3 rings (SSSR count). The van der Waals surface area contributed by atoms with E-state index < -0.39 is 0 Å². The molecule has 1 aromatic carbocycles. The van der Waals surface area contributed by atoms with Crippen LogP contribution in [0.3, 0.4) is 0 Å². The van der Waals surface area contributed by atoms with Gasteiger partial charge in [-0.2, -0.15) is 4.68 Å². The molecular weight excluding hydrogens is 262 g/mol. The van der Waals surface area contributed by atoms with Crippen molar-refractivity contribution in [2.75, 3.05) is 19.1 Å². The van der Waals surface area contributed by atoms with Crippen molar-refractivity contribution in [2.24, 2.45) is 0 Å². The lowest BCUT2D eigenvalue weighted by atomic mass is 10.3. The summed E-state index contributed by atoms with van der Waals surface area (Å²) >= 11 is 0. The van der Waals surface area contributed by atoms with Crippen LogP contribution in [-0.4, -0.2) is 59.7 Å². The van der Waals surface area contributed by atoms with Gasteiger partial charge in [-0.25, -0.2) is 0 Å². The van der Waals surface area contributed by atoms with Gasteiger partial charge < -0.3 is 5.11 Å². The molecular formula is C10H11N9O. The van der Waals surface area contributed by atoms with Gasteiger partial charge in [-0.1, -0.05) is 0 Å². The molecule has 0 spiro atoms. The summed E-state index contributed by atoms with van der Waals surface area (Å²) in [5.74, 6) is 0.976. The quantitative estimate of drug-likeness (QED) is 0.661. The largest absolute Gasteiger partial charge is 0.508 e. The molecule has 0 atom stereocenters. The molecule has 3 aromatic rings. The van der Waals surface area contributed by atoms with Crippen molar-refractivity contribution in [2.45, 2.75) is 0 Å². The van der Waals surface area contributed by atoms with Gasteiger partial charge in [-0.3, -0.25) is 5.01 Å². The molecule has 2 heterocycles. The lowest BCUT2D eigenvalue weighted by Crippen LogP contribution is -2.27. The van der Waals surface area contributed by atoms with Gasteiger partial charge in [0.15, 0.2) is 0 Å². The third-order valence-corrected chi connectivity index (χ3v) is 2.60. The minimum Gasteiger partial charge on any atom is -0.508 e. The van der Waals surface area contributed by atoms with E-state index in [2.05, 4.69) is 31.1 Å². The number of aromatic hydroxyl groups is 1. The van der Waals surface area contributed by atoms with E-state index >= 15 is 0 Å². The smallest absolute Gasteiger partial charge is 0.243 e. The van der Waals surface area contributed by atoms with E-state index in [0.29, 0.717) is 17.3 Å². The summed E-state index contributed by atoms with van der Waals surface area (Å²) in [5.41, 5.74) is 0.691.